The lowest BCUT2D eigenvalue weighted by Crippen LogP contribution is -2.46. The van der Waals surface area contributed by atoms with E-state index in [2.05, 4.69) is 27.0 Å². The Morgan fingerprint density at radius 3 is 1.94 bits per heavy atom. The van der Waals surface area contributed by atoms with E-state index in [4.69, 9.17) is 9.47 Å². The van der Waals surface area contributed by atoms with E-state index in [0.29, 0.717) is 6.42 Å². The van der Waals surface area contributed by atoms with Gasteiger partial charge in [-0.25, -0.2) is 14.0 Å². The van der Waals surface area contributed by atoms with Gasteiger partial charge in [-0.2, -0.15) is 5.10 Å². The van der Waals surface area contributed by atoms with Gasteiger partial charge in [-0.1, -0.05) is 6.92 Å². The molecule has 0 radical (unpaired) electrons. The Bertz CT molecular complexity index is 1180. The second kappa shape index (κ2) is 10.7. The van der Waals surface area contributed by atoms with E-state index in [1.807, 2.05) is 43.3 Å². The largest absolute Gasteiger partial charge is 0.497 e. The first-order chi connectivity index (χ1) is 16.9. The highest BCUT2D eigenvalue weighted by Gasteiger charge is 2.22. The molecule has 1 saturated heterocycles. The standard InChI is InChI=1S/C26H33N5O4/c1-5-25(32)35-20(3)19(2)31-26(33)30(18-27-31)23-8-6-21(7-9-23)28-14-16-29(17-15-28)22-10-12-24(34-4)13-11-22/h6-13,18-20H,5,14-17H2,1-4H3/t19-,20?/m0/s1. The van der Waals surface area contributed by atoms with E-state index in [-0.39, 0.29) is 17.7 Å². The lowest BCUT2D eigenvalue weighted by Gasteiger charge is -2.37. The molecule has 1 unspecified atom stereocenters. The third-order valence-electron chi connectivity index (χ3n) is 6.57. The smallest absolute Gasteiger partial charge is 0.350 e. The highest BCUT2D eigenvalue weighted by molar-refractivity contribution is 5.69. The number of hydrogen-bond donors (Lipinski definition) is 0. The molecule has 1 fully saturated rings. The van der Waals surface area contributed by atoms with Crippen LogP contribution in [-0.4, -0.2) is 59.7 Å². The zero-order valence-corrected chi connectivity index (χ0v) is 20.8. The summed E-state index contributed by atoms with van der Waals surface area (Å²) in [5, 5.41) is 4.26. The number of aromatic nitrogens is 3. The molecule has 0 saturated carbocycles. The Kier molecular flexibility index (Phi) is 7.43. The molecule has 3 aromatic rings. The molecular weight excluding hydrogens is 446 g/mol. The molecular formula is C26H33N5O4. The van der Waals surface area contributed by atoms with Crippen LogP contribution in [0.25, 0.3) is 5.69 Å². The maximum atomic E-state index is 13.0. The Labute approximate surface area is 205 Å². The van der Waals surface area contributed by atoms with Gasteiger partial charge < -0.3 is 19.3 Å². The van der Waals surface area contributed by atoms with Crippen molar-refractivity contribution in [2.24, 2.45) is 0 Å². The normalized spacial score (nSPS) is 15.5. The number of hydrogen-bond acceptors (Lipinski definition) is 7. The van der Waals surface area contributed by atoms with Gasteiger partial charge in [-0.15, -0.1) is 0 Å². The van der Waals surface area contributed by atoms with Crippen LogP contribution in [-0.2, 0) is 9.53 Å². The zero-order valence-electron chi connectivity index (χ0n) is 20.8. The number of methoxy groups -OCH3 is 1. The minimum Gasteiger partial charge on any atom is -0.497 e. The molecule has 0 spiro atoms. The van der Waals surface area contributed by atoms with E-state index >= 15 is 0 Å². The van der Waals surface area contributed by atoms with Crippen LogP contribution in [0.2, 0.25) is 0 Å². The van der Waals surface area contributed by atoms with Crippen molar-refractivity contribution >= 4 is 17.3 Å². The van der Waals surface area contributed by atoms with Crippen LogP contribution in [0.15, 0.2) is 59.7 Å². The molecule has 2 heterocycles. The molecule has 1 aliphatic rings. The lowest BCUT2D eigenvalue weighted by atomic mass is 10.2. The Morgan fingerprint density at radius 1 is 0.914 bits per heavy atom. The first-order valence-corrected chi connectivity index (χ1v) is 12.0. The average Bonchev–Trinajstić information content (AvgIpc) is 3.29. The summed E-state index contributed by atoms with van der Waals surface area (Å²) in [5.41, 5.74) is 2.80. The fourth-order valence-electron chi connectivity index (χ4n) is 4.20. The molecule has 2 aromatic carbocycles. The van der Waals surface area contributed by atoms with E-state index in [0.717, 1.165) is 43.3 Å². The molecule has 35 heavy (non-hydrogen) atoms. The minimum absolute atomic E-state index is 0.266. The Hall–Kier alpha value is -3.75. The number of anilines is 2. The third-order valence-corrected chi connectivity index (χ3v) is 6.57. The summed E-state index contributed by atoms with van der Waals surface area (Å²) in [7, 11) is 1.68. The van der Waals surface area contributed by atoms with Crippen molar-refractivity contribution in [2.75, 3.05) is 43.1 Å². The van der Waals surface area contributed by atoms with E-state index in [9.17, 15) is 9.59 Å². The maximum Gasteiger partial charge on any atom is 0.350 e. The summed E-state index contributed by atoms with van der Waals surface area (Å²) >= 11 is 0. The second-order valence-corrected chi connectivity index (χ2v) is 8.71. The second-order valence-electron chi connectivity index (χ2n) is 8.71. The molecule has 2 atom stereocenters. The van der Waals surface area contributed by atoms with Crippen molar-refractivity contribution in [1.82, 2.24) is 14.3 Å². The summed E-state index contributed by atoms with van der Waals surface area (Å²) in [4.78, 5) is 29.3. The van der Waals surface area contributed by atoms with Crippen molar-refractivity contribution in [2.45, 2.75) is 39.3 Å². The van der Waals surface area contributed by atoms with Gasteiger partial charge in [0.25, 0.3) is 0 Å². The fraction of sp³-hybridized carbons (Fsp3) is 0.423. The molecule has 1 aliphatic heterocycles. The van der Waals surface area contributed by atoms with Gasteiger partial charge in [-0.05, 0) is 62.4 Å². The first kappa shape index (κ1) is 24.4. The average molecular weight is 480 g/mol. The van der Waals surface area contributed by atoms with Crippen molar-refractivity contribution in [3.05, 3.63) is 65.3 Å². The topological polar surface area (TPSA) is 81.8 Å². The molecule has 9 nitrogen and oxygen atoms in total. The van der Waals surface area contributed by atoms with Gasteiger partial charge in [0.2, 0.25) is 0 Å². The lowest BCUT2D eigenvalue weighted by molar-refractivity contribution is -0.149. The zero-order chi connectivity index (χ0) is 24.9. The van der Waals surface area contributed by atoms with Gasteiger partial charge in [0.05, 0.1) is 18.8 Å². The molecule has 9 heteroatoms. The summed E-state index contributed by atoms with van der Waals surface area (Å²) in [6.45, 7) is 9.02. The van der Waals surface area contributed by atoms with Crippen LogP contribution >= 0.6 is 0 Å². The molecule has 0 bridgehead atoms. The molecule has 4 rings (SSSR count). The predicted molar refractivity (Wildman–Crippen MR) is 136 cm³/mol. The highest BCUT2D eigenvalue weighted by Crippen LogP contribution is 2.23. The summed E-state index contributed by atoms with van der Waals surface area (Å²) in [6.07, 6.45) is 1.35. The monoisotopic (exact) mass is 479 g/mol. The Balaban J connectivity index is 1.40. The third kappa shape index (κ3) is 5.34. The Morgan fingerprint density at radius 2 is 1.43 bits per heavy atom. The van der Waals surface area contributed by atoms with Gasteiger partial charge in [0.15, 0.2) is 0 Å². The summed E-state index contributed by atoms with van der Waals surface area (Å²) in [5.74, 6) is 0.568. The van der Waals surface area contributed by atoms with E-state index in [1.165, 1.54) is 21.3 Å². The maximum absolute atomic E-state index is 13.0. The number of carbonyl (C=O) groups is 1. The molecule has 1 aromatic heterocycles. The van der Waals surface area contributed by atoms with Gasteiger partial charge in [0.1, 0.15) is 18.2 Å². The first-order valence-electron chi connectivity index (χ1n) is 12.0. The quantitative estimate of drug-likeness (QED) is 0.459. The number of piperazine rings is 1. The highest BCUT2D eigenvalue weighted by atomic mass is 16.5. The number of nitrogens with zero attached hydrogens (tertiary/aromatic N) is 5. The minimum atomic E-state index is -0.456. The van der Waals surface area contributed by atoms with Crippen LogP contribution in [0.4, 0.5) is 11.4 Å². The summed E-state index contributed by atoms with van der Waals surface area (Å²) < 4.78 is 13.5. The van der Waals surface area contributed by atoms with Gasteiger partial charge in [0, 0.05) is 44.0 Å². The summed E-state index contributed by atoms with van der Waals surface area (Å²) in [6, 6.07) is 15.7. The van der Waals surface area contributed by atoms with E-state index in [1.54, 1.807) is 21.0 Å². The molecule has 0 aliphatic carbocycles. The van der Waals surface area contributed by atoms with Crippen LogP contribution < -0.4 is 20.2 Å². The van der Waals surface area contributed by atoms with Gasteiger partial charge >= 0.3 is 11.7 Å². The number of benzene rings is 2. The molecule has 186 valence electrons. The van der Waals surface area contributed by atoms with Crippen LogP contribution in [0.5, 0.6) is 5.75 Å². The van der Waals surface area contributed by atoms with Crippen LogP contribution in [0, 0.1) is 0 Å². The molecule has 0 N–H and O–H groups in total. The van der Waals surface area contributed by atoms with Crippen molar-refractivity contribution in [1.29, 1.82) is 0 Å². The van der Waals surface area contributed by atoms with Gasteiger partial charge in [-0.3, -0.25) is 4.79 Å². The molecule has 0 amide bonds. The van der Waals surface area contributed by atoms with Crippen LogP contribution in [0.3, 0.4) is 0 Å². The number of ether oxygens (including phenoxy) is 2. The van der Waals surface area contributed by atoms with Crippen LogP contribution in [0.1, 0.15) is 33.2 Å². The van der Waals surface area contributed by atoms with Crippen molar-refractivity contribution in [3.63, 3.8) is 0 Å². The fourth-order valence-corrected chi connectivity index (χ4v) is 4.20. The number of rotatable bonds is 8. The number of esters is 1. The predicted octanol–water partition coefficient (Wildman–Crippen LogP) is 3.27. The van der Waals surface area contributed by atoms with Crippen molar-refractivity contribution in [3.8, 4) is 11.4 Å². The van der Waals surface area contributed by atoms with Crippen molar-refractivity contribution < 1.29 is 14.3 Å². The SMILES string of the molecule is CCC(=O)OC(C)[C@H](C)n1ncn(-c2ccc(N3CCN(c4ccc(OC)cc4)CC3)cc2)c1=O. The number of carbonyl (C=O) groups excluding carboxylic acids is 1. The van der Waals surface area contributed by atoms with E-state index < -0.39 is 6.10 Å².